The summed E-state index contributed by atoms with van der Waals surface area (Å²) in [6.45, 7) is 2.17. The van der Waals surface area contributed by atoms with Crippen molar-refractivity contribution in [3.63, 3.8) is 0 Å². The zero-order valence-corrected chi connectivity index (χ0v) is 13.3. The van der Waals surface area contributed by atoms with Crippen LogP contribution in [0.1, 0.15) is 30.6 Å². The first-order chi connectivity index (χ1) is 7.33. The Bertz CT molecular complexity index is 265. The Morgan fingerprint density at radius 3 is 2.73 bits per heavy atom. The number of rotatable bonds is 8. The number of hydrogen-bond donors (Lipinski definition) is 1. The van der Waals surface area contributed by atoms with E-state index >= 15 is 0 Å². The lowest BCUT2D eigenvalue weighted by Crippen LogP contribution is -2.13. The Balaban J connectivity index is 1.93. The molecule has 1 aromatic heterocycles. The predicted molar refractivity (Wildman–Crippen MR) is 81.1 cm³/mol. The number of thiophene rings is 1. The highest BCUT2D eigenvalue weighted by Crippen LogP contribution is 2.19. The van der Waals surface area contributed by atoms with Gasteiger partial charge in [0.25, 0.3) is 0 Å². The number of alkyl halides is 1. The molecule has 0 spiro atoms. The molecule has 1 heterocycles. The highest BCUT2D eigenvalue weighted by Gasteiger charge is 1.96. The molecule has 0 aliphatic rings. The monoisotopic (exact) mass is 401 g/mol. The number of hydrogen-bond acceptors (Lipinski definition) is 2. The molecule has 86 valence electrons. The van der Waals surface area contributed by atoms with Gasteiger partial charge in [0.05, 0.1) is 0 Å². The van der Waals surface area contributed by atoms with Gasteiger partial charge in [-0.1, -0.05) is 35.4 Å². The minimum atomic E-state index is 1.02. The second-order valence-corrected chi connectivity index (χ2v) is 6.50. The SMILES string of the molecule is Brc1csc(CNCCCCCCI)c1. The molecule has 4 heteroatoms. The van der Waals surface area contributed by atoms with Gasteiger partial charge in [0.15, 0.2) is 0 Å². The summed E-state index contributed by atoms with van der Waals surface area (Å²) in [6, 6.07) is 2.19. The number of unbranched alkanes of at least 4 members (excludes halogenated alkanes) is 3. The van der Waals surface area contributed by atoms with E-state index in [1.807, 2.05) is 11.3 Å². The second-order valence-electron chi connectivity index (χ2n) is 3.51. The molecule has 0 saturated carbocycles. The summed E-state index contributed by atoms with van der Waals surface area (Å²) < 4.78 is 2.50. The van der Waals surface area contributed by atoms with Crippen LogP contribution in [0.25, 0.3) is 0 Å². The van der Waals surface area contributed by atoms with Crippen molar-refractivity contribution in [3.05, 3.63) is 20.8 Å². The van der Waals surface area contributed by atoms with Crippen LogP contribution in [0.5, 0.6) is 0 Å². The van der Waals surface area contributed by atoms with Crippen molar-refractivity contribution in [2.45, 2.75) is 32.2 Å². The second kappa shape index (κ2) is 8.96. The molecule has 1 nitrogen and oxygen atoms in total. The smallest absolute Gasteiger partial charge is 0.0300 e. The van der Waals surface area contributed by atoms with Crippen LogP contribution in [-0.2, 0) is 6.54 Å². The van der Waals surface area contributed by atoms with E-state index < -0.39 is 0 Å². The maximum absolute atomic E-state index is 3.48. The standard InChI is InChI=1S/C11H17BrINS/c12-10-7-11(15-9-10)8-14-6-4-2-1-3-5-13/h7,9,14H,1-6,8H2. The summed E-state index contributed by atoms with van der Waals surface area (Å²) >= 11 is 7.72. The van der Waals surface area contributed by atoms with Crippen LogP contribution < -0.4 is 5.32 Å². The van der Waals surface area contributed by atoms with E-state index in [0.29, 0.717) is 0 Å². The fourth-order valence-electron chi connectivity index (χ4n) is 1.36. The molecule has 1 aromatic rings. The Labute approximate surface area is 118 Å². The third kappa shape index (κ3) is 6.92. The van der Waals surface area contributed by atoms with Crippen LogP contribution >= 0.6 is 49.9 Å². The largest absolute Gasteiger partial charge is 0.312 e. The molecule has 0 radical (unpaired) electrons. The van der Waals surface area contributed by atoms with Crippen LogP contribution in [0.2, 0.25) is 0 Å². The Hall–Kier alpha value is 0.870. The Kier molecular flexibility index (Phi) is 8.32. The van der Waals surface area contributed by atoms with Gasteiger partial charge in [-0.3, -0.25) is 0 Å². The number of halogens is 2. The van der Waals surface area contributed by atoms with E-state index in [-0.39, 0.29) is 0 Å². The van der Waals surface area contributed by atoms with E-state index in [4.69, 9.17) is 0 Å². The van der Waals surface area contributed by atoms with Gasteiger partial charge in [-0.15, -0.1) is 11.3 Å². The molecule has 1 rings (SSSR count). The summed E-state index contributed by atoms with van der Waals surface area (Å²) in [6.07, 6.45) is 5.43. The van der Waals surface area contributed by atoms with Crippen molar-refractivity contribution in [1.29, 1.82) is 0 Å². The van der Waals surface area contributed by atoms with Crippen molar-refractivity contribution in [2.24, 2.45) is 0 Å². The Morgan fingerprint density at radius 1 is 1.27 bits per heavy atom. The molecule has 1 N–H and O–H groups in total. The quantitative estimate of drug-likeness (QED) is 0.381. The molecule has 0 aliphatic heterocycles. The van der Waals surface area contributed by atoms with Gasteiger partial charge < -0.3 is 5.32 Å². The molecule has 0 amide bonds. The van der Waals surface area contributed by atoms with Crippen LogP contribution in [0.4, 0.5) is 0 Å². The average molecular weight is 402 g/mol. The minimum absolute atomic E-state index is 1.02. The molecule has 0 fully saturated rings. The summed E-state index contributed by atoms with van der Waals surface area (Å²) in [4.78, 5) is 1.41. The highest BCUT2D eigenvalue weighted by atomic mass is 127. The van der Waals surface area contributed by atoms with Gasteiger partial charge in [-0.05, 0) is 45.8 Å². The van der Waals surface area contributed by atoms with Crippen LogP contribution in [0, 0.1) is 0 Å². The molecule has 0 aromatic carbocycles. The van der Waals surface area contributed by atoms with E-state index in [0.717, 1.165) is 13.1 Å². The lowest BCUT2D eigenvalue weighted by Gasteiger charge is -2.02. The van der Waals surface area contributed by atoms with Crippen molar-refractivity contribution in [2.75, 3.05) is 11.0 Å². The highest BCUT2D eigenvalue weighted by molar-refractivity contribution is 14.1. The van der Waals surface area contributed by atoms with E-state index in [1.54, 1.807) is 0 Å². The van der Waals surface area contributed by atoms with Gasteiger partial charge in [-0.2, -0.15) is 0 Å². The lowest BCUT2D eigenvalue weighted by atomic mass is 10.2. The van der Waals surface area contributed by atoms with Crippen molar-refractivity contribution in [3.8, 4) is 0 Å². The first-order valence-corrected chi connectivity index (χ1v) is 8.52. The summed E-state index contributed by atoms with van der Waals surface area (Å²) in [5.74, 6) is 0. The van der Waals surface area contributed by atoms with E-state index in [1.165, 1.54) is 39.5 Å². The molecular weight excluding hydrogens is 385 g/mol. The van der Waals surface area contributed by atoms with Gasteiger partial charge in [0.2, 0.25) is 0 Å². The summed E-state index contributed by atoms with van der Waals surface area (Å²) in [5.41, 5.74) is 0. The first kappa shape index (κ1) is 13.9. The molecule has 0 aliphatic carbocycles. The molecular formula is C11H17BrINS. The molecule has 0 atom stereocenters. The summed E-state index contributed by atoms with van der Waals surface area (Å²) in [5, 5.41) is 5.62. The van der Waals surface area contributed by atoms with Crippen LogP contribution in [0.3, 0.4) is 0 Å². The third-order valence-corrected chi connectivity index (χ3v) is 4.62. The lowest BCUT2D eigenvalue weighted by molar-refractivity contribution is 0.603. The van der Waals surface area contributed by atoms with Crippen molar-refractivity contribution in [1.82, 2.24) is 5.32 Å². The average Bonchev–Trinajstić information content (AvgIpc) is 2.63. The maximum Gasteiger partial charge on any atom is 0.0300 e. The minimum Gasteiger partial charge on any atom is -0.312 e. The summed E-state index contributed by atoms with van der Waals surface area (Å²) in [7, 11) is 0. The van der Waals surface area contributed by atoms with Gasteiger partial charge in [0, 0.05) is 21.3 Å². The predicted octanol–water partition coefficient (Wildman–Crippen LogP) is 4.60. The molecule has 15 heavy (non-hydrogen) atoms. The molecule has 0 unspecified atom stereocenters. The maximum atomic E-state index is 3.48. The van der Waals surface area contributed by atoms with Gasteiger partial charge in [0.1, 0.15) is 0 Å². The molecule has 0 saturated heterocycles. The Morgan fingerprint density at radius 2 is 2.07 bits per heavy atom. The van der Waals surface area contributed by atoms with E-state index in [2.05, 4.69) is 55.3 Å². The fraction of sp³-hybridized carbons (Fsp3) is 0.636. The van der Waals surface area contributed by atoms with Gasteiger partial charge >= 0.3 is 0 Å². The third-order valence-electron chi connectivity index (χ3n) is 2.16. The van der Waals surface area contributed by atoms with E-state index in [9.17, 15) is 0 Å². The normalized spacial score (nSPS) is 10.8. The topological polar surface area (TPSA) is 12.0 Å². The van der Waals surface area contributed by atoms with Crippen molar-refractivity contribution >= 4 is 49.9 Å². The van der Waals surface area contributed by atoms with Gasteiger partial charge in [-0.25, -0.2) is 0 Å². The zero-order chi connectivity index (χ0) is 10.9. The first-order valence-electron chi connectivity index (χ1n) is 5.32. The molecule has 0 bridgehead atoms. The van der Waals surface area contributed by atoms with Crippen LogP contribution in [0.15, 0.2) is 15.9 Å². The van der Waals surface area contributed by atoms with Crippen LogP contribution in [-0.4, -0.2) is 11.0 Å². The zero-order valence-electron chi connectivity index (χ0n) is 8.77. The number of nitrogens with one attached hydrogen (secondary N) is 1. The van der Waals surface area contributed by atoms with Crippen molar-refractivity contribution < 1.29 is 0 Å². The fourth-order valence-corrected chi connectivity index (χ4v) is 3.32.